The van der Waals surface area contributed by atoms with Crippen molar-refractivity contribution in [2.45, 2.75) is 19.3 Å². The molecule has 1 atom stereocenters. The summed E-state index contributed by atoms with van der Waals surface area (Å²) in [4.78, 5) is 13.4. The van der Waals surface area contributed by atoms with Crippen LogP contribution in [0.25, 0.3) is 0 Å². The molecule has 0 aromatic carbocycles. The first-order chi connectivity index (χ1) is 7.65. The number of carbonyl (C=O) groups is 1. The smallest absolute Gasteiger partial charge is 0.221 e. The third-order valence-corrected chi connectivity index (χ3v) is 3.84. The van der Waals surface area contributed by atoms with Crippen molar-refractivity contribution in [1.29, 1.82) is 0 Å². The van der Waals surface area contributed by atoms with Gasteiger partial charge in [0.05, 0.1) is 5.92 Å². The predicted octanol–water partition coefficient (Wildman–Crippen LogP) is -0.621. The number of hydrogen-bond donors (Lipinski definition) is 2. The summed E-state index contributed by atoms with van der Waals surface area (Å²) < 4.78 is 0. The standard InChI is InChI=1S/C11H22N4O/c12-11(16)10-3-4-14(8-10)7-9-1-5-15(13)6-2-9/h9-10H,1-8,13H2,(H2,12,16). The second-order valence-corrected chi connectivity index (χ2v) is 5.13. The Balaban J connectivity index is 1.73. The fourth-order valence-electron chi connectivity index (χ4n) is 2.73. The minimum Gasteiger partial charge on any atom is -0.369 e. The average molecular weight is 226 g/mol. The molecule has 0 aromatic rings. The number of rotatable bonds is 3. The Morgan fingerprint density at radius 2 is 1.88 bits per heavy atom. The fourth-order valence-corrected chi connectivity index (χ4v) is 2.73. The van der Waals surface area contributed by atoms with E-state index in [4.69, 9.17) is 11.6 Å². The number of amides is 1. The van der Waals surface area contributed by atoms with Crippen molar-refractivity contribution in [3.05, 3.63) is 0 Å². The maximum atomic E-state index is 11.1. The van der Waals surface area contributed by atoms with Gasteiger partial charge in [0.25, 0.3) is 0 Å². The van der Waals surface area contributed by atoms with E-state index in [1.54, 1.807) is 0 Å². The lowest BCUT2D eigenvalue weighted by Gasteiger charge is -2.31. The van der Waals surface area contributed by atoms with E-state index in [-0.39, 0.29) is 11.8 Å². The van der Waals surface area contributed by atoms with Crippen LogP contribution in [-0.2, 0) is 4.79 Å². The molecule has 0 radical (unpaired) electrons. The zero-order valence-electron chi connectivity index (χ0n) is 9.77. The number of carbonyl (C=O) groups excluding carboxylic acids is 1. The van der Waals surface area contributed by atoms with E-state index in [0.29, 0.717) is 0 Å². The van der Waals surface area contributed by atoms with Crippen molar-refractivity contribution in [3.63, 3.8) is 0 Å². The van der Waals surface area contributed by atoms with Crippen LogP contribution in [0.15, 0.2) is 0 Å². The van der Waals surface area contributed by atoms with Gasteiger partial charge in [-0.25, -0.2) is 5.01 Å². The predicted molar refractivity (Wildman–Crippen MR) is 62.2 cm³/mol. The van der Waals surface area contributed by atoms with E-state index in [1.807, 2.05) is 5.01 Å². The summed E-state index contributed by atoms with van der Waals surface area (Å²) >= 11 is 0. The number of nitrogens with two attached hydrogens (primary N) is 2. The topological polar surface area (TPSA) is 75.6 Å². The van der Waals surface area contributed by atoms with Gasteiger partial charge in [-0.1, -0.05) is 0 Å². The molecule has 5 heteroatoms. The minimum atomic E-state index is -0.140. The van der Waals surface area contributed by atoms with Gasteiger partial charge in [0.1, 0.15) is 0 Å². The van der Waals surface area contributed by atoms with Crippen molar-refractivity contribution in [3.8, 4) is 0 Å². The van der Waals surface area contributed by atoms with E-state index in [9.17, 15) is 4.79 Å². The number of primary amides is 1. The van der Waals surface area contributed by atoms with Crippen LogP contribution in [0.5, 0.6) is 0 Å². The van der Waals surface area contributed by atoms with E-state index < -0.39 is 0 Å². The van der Waals surface area contributed by atoms with Crippen LogP contribution in [0, 0.1) is 11.8 Å². The fraction of sp³-hybridized carbons (Fsp3) is 0.909. The van der Waals surface area contributed by atoms with Gasteiger partial charge in [-0.3, -0.25) is 10.6 Å². The molecule has 2 heterocycles. The quantitative estimate of drug-likeness (QED) is 0.629. The Hall–Kier alpha value is -0.650. The highest BCUT2D eigenvalue weighted by Crippen LogP contribution is 2.21. The van der Waals surface area contributed by atoms with Crippen molar-refractivity contribution in [2.24, 2.45) is 23.4 Å². The molecule has 1 unspecified atom stereocenters. The lowest BCUT2D eigenvalue weighted by Crippen LogP contribution is -2.41. The van der Waals surface area contributed by atoms with Crippen LogP contribution in [-0.4, -0.2) is 48.5 Å². The van der Waals surface area contributed by atoms with Crippen molar-refractivity contribution in [2.75, 3.05) is 32.7 Å². The lowest BCUT2D eigenvalue weighted by atomic mass is 9.97. The SMILES string of the molecule is NC(=O)C1CCN(CC2CCN(N)CC2)C1. The summed E-state index contributed by atoms with van der Waals surface area (Å²) in [5.74, 6) is 6.41. The van der Waals surface area contributed by atoms with E-state index >= 15 is 0 Å². The molecule has 0 bridgehead atoms. The van der Waals surface area contributed by atoms with Crippen LogP contribution >= 0.6 is 0 Å². The number of nitrogens with zero attached hydrogens (tertiary/aromatic N) is 2. The molecule has 4 N–H and O–H groups in total. The number of piperidine rings is 1. The molecule has 2 aliphatic rings. The Kier molecular flexibility index (Phi) is 3.78. The summed E-state index contributed by atoms with van der Waals surface area (Å²) in [6.07, 6.45) is 3.29. The second-order valence-electron chi connectivity index (χ2n) is 5.13. The molecule has 5 nitrogen and oxygen atoms in total. The Bertz CT molecular complexity index is 250. The highest BCUT2D eigenvalue weighted by Gasteiger charge is 2.28. The van der Waals surface area contributed by atoms with Crippen LogP contribution < -0.4 is 11.6 Å². The summed E-state index contributed by atoms with van der Waals surface area (Å²) in [6, 6.07) is 0. The molecule has 0 spiro atoms. The van der Waals surface area contributed by atoms with Crippen molar-refractivity contribution >= 4 is 5.91 Å². The molecule has 92 valence electrons. The third-order valence-electron chi connectivity index (χ3n) is 3.84. The third kappa shape index (κ3) is 2.93. The van der Waals surface area contributed by atoms with Gasteiger partial charge in [0.2, 0.25) is 5.91 Å². The zero-order chi connectivity index (χ0) is 11.5. The molecule has 0 saturated carbocycles. The monoisotopic (exact) mass is 226 g/mol. The van der Waals surface area contributed by atoms with E-state index in [2.05, 4.69) is 4.90 Å². The molecule has 2 aliphatic heterocycles. The van der Waals surface area contributed by atoms with Gasteiger partial charge in [-0.2, -0.15) is 0 Å². The lowest BCUT2D eigenvalue weighted by molar-refractivity contribution is -0.121. The molecular weight excluding hydrogens is 204 g/mol. The van der Waals surface area contributed by atoms with Gasteiger partial charge in [0, 0.05) is 26.2 Å². The summed E-state index contributed by atoms with van der Waals surface area (Å²) in [6.45, 7) is 4.99. The van der Waals surface area contributed by atoms with Gasteiger partial charge in [-0.05, 0) is 31.7 Å². The van der Waals surface area contributed by atoms with Crippen LogP contribution in [0.4, 0.5) is 0 Å². The summed E-state index contributed by atoms with van der Waals surface area (Å²) in [5, 5.41) is 1.90. The molecule has 1 amide bonds. The Labute approximate surface area is 96.7 Å². The van der Waals surface area contributed by atoms with Crippen molar-refractivity contribution in [1.82, 2.24) is 9.91 Å². The first-order valence-electron chi connectivity index (χ1n) is 6.16. The molecule has 2 fully saturated rings. The van der Waals surface area contributed by atoms with Gasteiger partial charge in [-0.15, -0.1) is 0 Å². The number of hydrazine groups is 1. The van der Waals surface area contributed by atoms with Crippen LogP contribution in [0.3, 0.4) is 0 Å². The number of likely N-dealkylation sites (tertiary alicyclic amines) is 1. The maximum absolute atomic E-state index is 11.1. The number of hydrogen-bond acceptors (Lipinski definition) is 4. The Morgan fingerprint density at radius 3 is 2.44 bits per heavy atom. The second kappa shape index (κ2) is 5.12. The van der Waals surface area contributed by atoms with Crippen LogP contribution in [0.1, 0.15) is 19.3 Å². The first-order valence-corrected chi connectivity index (χ1v) is 6.16. The van der Waals surface area contributed by atoms with E-state index in [1.165, 1.54) is 12.8 Å². The zero-order valence-corrected chi connectivity index (χ0v) is 9.77. The normalized spacial score (nSPS) is 29.7. The van der Waals surface area contributed by atoms with E-state index in [0.717, 1.165) is 45.1 Å². The minimum absolute atomic E-state index is 0.0783. The van der Waals surface area contributed by atoms with Crippen molar-refractivity contribution < 1.29 is 4.79 Å². The molecule has 0 aliphatic carbocycles. The molecule has 16 heavy (non-hydrogen) atoms. The summed E-state index contributed by atoms with van der Waals surface area (Å²) in [7, 11) is 0. The maximum Gasteiger partial charge on any atom is 0.221 e. The van der Waals surface area contributed by atoms with Crippen LogP contribution in [0.2, 0.25) is 0 Å². The van der Waals surface area contributed by atoms with Gasteiger partial charge >= 0.3 is 0 Å². The molecule has 0 aromatic heterocycles. The molecular formula is C11H22N4O. The largest absolute Gasteiger partial charge is 0.369 e. The first kappa shape index (κ1) is 11.8. The average Bonchev–Trinajstić information content (AvgIpc) is 2.70. The highest BCUT2D eigenvalue weighted by molar-refractivity contribution is 5.77. The van der Waals surface area contributed by atoms with Gasteiger partial charge < -0.3 is 10.6 Å². The summed E-state index contributed by atoms with van der Waals surface area (Å²) in [5.41, 5.74) is 5.32. The Morgan fingerprint density at radius 1 is 1.19 bits per heavy atom. The van der Waals surface area contributed by atoms with Gasteiger partial charge in [0.15, 0.2) is 0 Å². The molecule has 2 saturated heterocycles. The highest BCUT2D eigenvalue weighted by atomic mass is 16.1. The molecule has 2 rings (SSSR count).